The molecule has 4 heteroatoms. The minimum absolute atomic E-state index is 0.359. The summed E-state index contributed by atoms with van der Waals surface area (Å²) in [5.74, 6) is -1.10. The van der Waals surface area contributed by atoms with E-state index < -0.39 is 6.04 Å². The number of imide groups is 1. The van der Waals surface area contributed by atoms with Gasteiger partial charge in [0.25, 0.3) is 11.8 Å². The third-order valence-electron chi connectivity index (χ3n) is 2.56. The monoisotopic (exact) mass is 219 g/mol. The van der Waals surface area contributed by atoms with Gasteiger partial charge >= 0.3 is 0 Å². The molecular formula is C12H10FNO2. The average molecular weight is 219 g/mol. The number of rotatable bonds is 2. The van der Waals surface area contributed by atoms with E-state index >= 15 is 0 Å². The summed E-state index contributed by atoms with van der Waals surface area (Å²) in [6.07, 6.45) is 2.44. The van der Waals surface area contributed by atoms with E-state index in [1.807, 2.05) is 0 Å². The fourth-order valence-electron chi connectivity index (χ4n) is 1.71. The Balaban J connectivity index is 2.29. The van der Waals surface area contributed by atoms with E-state index in [4.69, 9.17) is 0 Å². The molecule has 0 saturated heterocycles. The first-order valence-electron chi connectivity index (χ1n) is 4.90. The van der Waals surface area contributed by atoms with Crippen molar-refractivity contribution in [3.05, 3.63) is 47.8 Å². The van der Waals surface area contributed by atoms with Crippen molar-refractivity contribution in [2.75, 3.05) is 0 Å². The summed E-state index contributed by atoms with van der Waals surface area (Å²) in [5, 5.41) is 0. The fraction of sp³-hybridized carbons (Fsp3) is 0.167. The van der Waals surface area contributed by atoms with E-state index in [2.05, 4.69) is 0 Å². The molecule has 0 bridgehead atoms. The first kappa shape index (κ1) is 10.5. The van der Waals surface area contributed by atoms with E-state index in [0.717, 1.165) is 4.90 Å². The highest BCUT2D eigenvalue weighted by atomic mass is 19.1. The van der Waals surface area contributed by atoms with E-state index in [-0.39, 0.29) is 17.6 Å². The number of nitrogens with zero attached hydrogens (tertiary/aromatic N) is 1. The van der Waals surface area contributed by atoms with Gasteiger partial charge in [-0.3, -0.25) is 14.5 Å². The molecular weight excluding hydrogens is 209 g/mol. The zero-order chi connectivity index (χ0) is 11.7. The Kier molecular flexibility index (Phi) is 2.56. The van der Waals surface area contributed by atoms with E-state index in [1.165, 1.54) is 24.3 Å². The Morgan fingerprint density at radius 1 is 1.19 bits per heavy atom. The molecule has 0 fully saturated rings. The number of hydrogen-bond acceptors (Lipinski definition) is 2. The van der Waals surface area contributed by atoms with Crippen molar-refractivity contribution in [1.82, 2.24) is 4.90 Å². The summed E-state index contributed by atoms with van der Waals surface area (Å²) in [7, 11) is 0. The number of carbonyl (C=O) groups excluding carboxylic acids is 2. The summed E-state index contributed by atoms with van der Waals surface area (Å²) < 4.78 is 13.0. The summed E-state index contributed by atoms with van der Waals surface area (Å²) in [4.78, 5) is 23.9. The Morgan fingerprint density at radius 3 is 2.38 bits per heavy atom. The molecule has 0 N–H and O–H groups in total. The van der Waals surface area contributed by atoms with Crippen LogP contribution in [0.5, 0.6) is 0 Å². The van der Waals surface area contributed by atoms with Crippen molar-refractivity contribution in [3.63, 3.8) is 0 Å². The molecule has 1 aromatic rings. The van der Waals surface area contributed by atoms with Gasteiger partial charge in [-0.2, -0.15) is 0 Å². The fourth-order valence-corrected chi connectivity index (χ4v) is 1.71. The summed E-state index contributed by atoms with van der Waals surface area (Å²) in [6.45, 7) is 1.69. The second kappa shape index (κ2) is 3.89. The van der Waals surface area contributed by atoms with Gasteiger partial charge in [-0.25, -0.2) is 4.39 Å². The lowest BCUT2D eigenvalue weighted by atomic mass is 10.1. The molecule has 1 aliphatic heterocycles. The number of carbonyl (C=O) groups is 2. The van der Waals surface area contributed by atoms with Gasteiger partial charge in [-0.1, -0.05) is 12.1 Å². The molecule has 1 atom stereocenters. The van der Waals surface area contributed by atoms with E-state index in [0.29, 0.717) is 5.56 Å². The van der Waals surface area contributed by atoms with Crippen LogP contribution in [-0.4, -0.2) is 16.7 Å². The van der Waals surface area contributed by atoms with Gasteiger partial charge in [0, 0.05) is 12.2 Å². The maximum atomic E-state index is 13.0. The molecule has 2 rings (SSSR count). The molecule has 0 spiro atoms. The van der Waals surface area contributed by atoms with Gasteiger partial charge < -0.3 is 0 Å². The average Bonchev–Trinajstić information content (AvgIpc) is 2.58. The van der Waals surface area contributed by atoms with Crippen molar-refractivity contribution in [2.24, 2.45) is 0 Å². The van der Waals surface area contributed by atoms with Crippen LogP contribution in [-0.2, 0) is 9.59 Å². The predicted molar refractivity (Wildman–Crippen MR) is 55.8 cm³/mol. The Bertz CT molecular complexity index is 464. The molecule has 16 heavy (non-hydrogen) atoms. The topological polar surface area (TPSA) is 37.4 Å². The number of amides is 2. The summed E-state index contributed by atoms with van der Waals surface area (Å²) in [6, 6.07) is 5.43. The zero-order valence-electron chi connectivity index (χ0n) is 8.68. The zero-order valence-corrected chi connectivity index (χ0v) is 8.68. The minimum atomic E-state index is -0.453. The van der Waals surface area contributed by atoms with Gasteiger partial charge in [-0.15, -0.1) is 0 Å². The van der Waals surface area contributed by atoms with Crippen LogP contribution in [0.3, 0.4) is 0 Å². The molecule has 0 radical (unpaired) electrons. The van der Waals surface area contributed by atoms with E-state index in [9.17, 15) is 14.0 Å². The second-order valence-electron chi connectivity index (χ2n) is 3.61. The Hall–Kier alpha value is -1.97. The maximum Gasteiger partial charge on any atom is 0.254 e. The summed E-state index contributed by atoms with van der Waals surface area (Å²) in [5.41, 5.74) is 0.602. The van der Waals surface area contributed by atoms with E-state index in [1.54, 1.807) is 19.1 Å². The normalized spacial score (nSPS) is 17.0. The van der Waals surface area contributed by atoms with Crippen LogP contribution < -0.4 is 0 Å². The van der Waals surface area contributed by atoms with Gasteiger partial charge in [0.1, 0.15) is 5.82 Å². The number of halogens is 1. The van der Waals surface area contributed by atoms with Gasteiger partial charge in [0.15, 0.2) is 0 Å². The van der Waals surface area contributed by atoms with Crippen LogP contribution in [0.1, 0.15) is 18.5 Å². The van der Waals surface area contributed by atoms with Crippen LogP contribution >= 0.6 is 0 Å². The first-order valence-corrected chi connectivity index (χ1v) is 4.90. The lowest BCUT2D eigenvalue weighted by Gasteiger charge is -2.22. The van der Waals surface area contributed by atoms with Crippen LogP contribution in [0.4, 0.5) is 4.39 Å². The Morgan fingerprint density at radius 2 is 1.81 bits per heavy atom. The van der Waals surface area contributed by atoms with Gasteiger partial charge in [0.05, 0.1) is 6.04 Å². The molecule has 82 valence electrons. The largest absolute Gasteiger partial charge is 0.269 e. The third-order valence-corrected chi connectivity index (χ3v) is 2.56. The Labute approximate surface area is 92.2 Å². The molecule has 1 heterocycles. The smallest absolute Gasteiger partial charge is 0.254 e. The van der Waals surface area contributed by atoms with Gasteiger partial charge in [0.2, 0.25) is 0 Å². The number of hydrogen-bond donors (Lipinski definition) is 0. The van der Waals surface area contributed by atoms with Crippen molar-refractivity contribution < 1.29 is 14.0 Å². The van der Waals surface area contributed by atoms with Crippen LogP contribution in [0.25, 0.3) is 0 Å². The number of benzene rings is 1. The predicted octanol–water partition coefficient (Wildman–Crippen LogP) is 1.81. The van der Waals surface area contributed by atoms with Crippen molar-refractivity contribution >= 4 is 11.8 Å². The SMILES string of the molecule is CC(c1cccc(F)c1)N1C(=O)C=CC1=O. The molecule has 1 aliphatic rings. The van der Waals surface area contributed by atoms with Crippen LogP contribution in [0.15, 0.2) is 36.4 Å². The molecule has 0 aliphatic carbocycles. The molecule has 3 nitrogen and oxygen atoms in total. The lowest BCUT2D eigenvalue weighted by Crippen LogP contribution is -2.32. The second-order valence-corrected chi connectivity index (χ2v) is 3.61. The van der Waals surface area contributed by atoms with Gasteiger partial charge in [-0.05, 0) is 24.6 Å². The molecule has 2 amide bonds. The van der Waals surface area contributed by atoms with Crippen LogP contribution in [0, 0.1) is 5.82 Å². The molecule has 1 aromatic carbocycles. The summed E-state index contributed by atoms with van der Waals surface area (Å²) >= 11 is 0. The highest BCUT2D eigenvalue weighted by Gasteiger charge is 2.29. The maximum absolute atomic E-state index is 13.0. The first-order chi connectivity index (χ1) is 7.59. The molecule has 0 aromatic heterocycles. The van der Waals surface area contributed by atoms with Crippen molar-refractivity contribution in [2.45, 2.75) is 13.0 Å². The highest BCUT2D eigenvalue weighted by Crippen LogP contribution is 2.23. The van der Waals surface area contributed by atoms with Crippen LogP contribution in [0.2, 0.25) is 0 Å². The highest BCUT2D eigenvalue weighted by molar-refractivity contribution is 6.13. The minimum Gasteiger partial charge on any atom is -0.269 e. The standard InChI is InChI=1S/C12H10FNO2/c1-8(9-3-2-4-10(13)7-9)14-11(15)5-6-12(14)16/h2-8H,1H3. The molecule has 1 unspecified atom stereocenters. The molecule has 0 saturated carbocycles. The third kappa shape index (κ3) is 1.74. The van der Waals surface area contributed by atoms with Crippen molar-refractivity contribution in [3.8, 4) is 0 Å². The lowest BCUT2D eigenvalue weighted by molar-refractivity contribution is -0.139. The quantitative estimate of drug-likeness (QED) is 0.711. The van der Waals surface area contributed by atoms with Crippen molar-refractivity contribution in [1.29, 1.82) is 0 Å².